The zero-order valence-electron chi connectivity index (χ0n) is 12.0. The third-order valence-corrected chi connectivity index (χ3v) is 4.39. The molecule has 0 amide bonds. The highest BCUT2D eigenvalue weighted by Crippen LogP contribution is 2.29. The van der Waals surface area contributed by atoms with Gasteiger partial charge < -0.3 is 10.2 Å². The second-order valence-corrected chi connectivity index (χ2v) is 6.03. The fourth-order valence-corrected chi connectivity index (χ4v) is 3.08. The molecular formula is C17H25FO2. The van der Waals surface area contributed by atoms with Crippen LogP contribution in [0.15, 0.2) is 24.3 Å². The van der Waals surface area contributed by atoms with E-state index < -0.39 is 6.10 Å². The second kappa shape index (κ2) is 7.75. The first-order valence-electron chi connectivity index (χ1n) is 7.76. The van der Waals surface area contributed by atoms with Crippen molar-refractivity contribution in [1.82, 2.24) is 0 Å². The number of hydrogen-bond acceptors (Lipinski definition) is 2. The third-order valence-electron chi connectivity index (χ3n) is 4.39. The van der Waals surface area contributed by atoms with E-state index in [0.717, 1.165) is 44.4 Å². The Labute approximate surface area is 120 Å². The van der Waals surface area contributed by atoms with Crippen LogP contribution in [-0.2, 0) is 0 Å². The zero-order valence-corrected chi connectivity index (χ0v) is 12.0. The van der Waals surface area contributed by atoms with Crippen molar-refractivity contribution in [2.75, 3.05) is 0 Å². The highest BCUT2D eigenvalue weighted by atomic mass is 19.1. The second-order valence-electron chi connectivity index (χ2n) is 6.03. The first-order chi connectivity index (χ1) is 9.65. The molecular weight excluding hydrogens is 255 g/mol. The van der Waals surface area contributed by atoms with Gasteiger partial charge in [0.25, 0.3) is 0 Å². The van der Waals surface area contributed by atoms with Crippen molar-refractivity contribution in [3.8, 4) is 0 Å². The molecule has 1 saturated carbocycles. The van der Waals surface area contributed by atoms with E-state index in [1.165, 1.54) is 18.6 Å². The predicted molar refractivity (Wildman–Crippen MR) is 77.8 cm³/mol. The maximum absolute atomic E-state index is 13.1. The van der Waals surface area contributed by atoms with Crippen molar-refractivity contribution < 1.29 is 14.6 Å². The summed E-state index contributed by atoms with van der Waals surface area (Å²) in [6.45, 7) is 0. The zero-order chi connectivity index (χ0) is 14.4. The van der Waals surface area contributed by atoms with E-state index >= 15 is 0 Å². The van der Waals surface area contributed by atoms with Crippen LogP contribution >= 0.6 is 0 Å². The quantitative estimate of drug-likeness (QED) is 0.774. The van der Waals surface area contributed by atoms with E-state index in [1.807, 2.05) is 0 Å². The molecule has 0 aliphatic heterocycles. The molecule has 0 unspecified atom stereocenters. The molecule has 1 aromatic rings. The predicted octanol–water partition coefficient (Wildman–Crippen LogP) is 3.97. The SMILES string of the molecule is OC1CCC(CCCC[C@H](O)c2cccc(F)c2)CC1. The van der Waals surface area contributed by atoms with Gasteiger partial charge in [0, 0.05) is 0 Å². The molecule has 0 aromatic heterocycles. The number of hydrogen-bond donors (Lipinski definition) is 2. The number of benzene rings is 1. The maximum Gasteiger partial charge on any atom is 0.123 e. The average molecular weight is 280 g/mol. The summed E-state index contributed by atoms with van der Waals surface area (Å²) in [5, 5.41) is 19.5. The normalized spacial score (nSPS) is 24.6. The Bertz CT molecular complexity index is 400. The highest BCUT2D eigenvalue weighted by molar-refractivity contribution is 5.18. The van der Waals surface area contributed by atoms with E-state index in [0.29, 0.717) is 12.0 Å². The molecule has 0 radical (unpaired) electrons. The fourth-order valence-electron chi connectivity index (χ4n) is 3.08. The van der Waals surface area contributed by atoms with Crippen LogP contribution in [0.5, 0.6) is 0 Å². The molecule has 1 aliphatic rings. The van der Waals surface area contributed by atoms with Gasteiger partial charge in [-0.15, -0.1) is 0 Å². The largest absolute Gasteiger partial charge is 0.393 e. The lowest BCUT2D eigenvalue weighted by atomic mass is 9.84. The Hall–Kier alpha value is -0.930. The van der Waals surface area contributed by atoms with E-state index in [-0.39, 0.29) is 11.9 Å². The third kappa shape index (κ3) is 4.88. The van der Waals surface area contributed by atoms with Crippen molar-refractivity contribution in [1.29, 1.82) is 0 Å². The molecule has 1 aliphatic carbocycles. The van der Waals surface area contributed by atoms with Crippen LogP contribution < -0.4 is 0 Å². The average Bonchev–Trinajstić information content (AvgIpc) is 2.45. The number of halogens is 1. The molecule has 2 nitrogen and oxygen atoms in total. The van der Waals surface area contributed by atoms with Gasteiger partial charge >= 0.3 is 0 Å². The summed E-state index contributed by atoms with van der Waals surface area (Å²) in [5.74, 6) is 0.451. The van der Waals surface area contributed by atoms with Gasteiger partial charge in [0.1, 0.15) is 5.82 Å². The minimum Gasteiger partial charge on any atom is -0.393 e. The molecule has 0 saturated heterocycles. The topological polar surface area (TPSA) is 40.5 Å². The molecule has 112 valence electrons. The number of rotatable bonds is 6. The molecule has 3 heteroatoms. The Balaban J connectivity index is 1.63. The molecule has 0 bridgehead atoms. The Morgan fingerprint density at radius 1 is 1.15 bits per heavy atom. The highest BCUT2D eigenvalue weighted by Gasteiger charge is 2.18. The van der Waals surface area contributed by atoms with Crippen LogP contribution in [0.3, 0.4) is 0 Å². The van der Waals surface area contributed by atoms with Crippen molar-refractivity contribution in [3.63, 3.8) is 0 Å². The van der Waals surface area contributed by atoms with Crippen molar-refractivity contribution >= 4 is 0 Å². The maximum atomic E-state index is 13.1. The summed E-state index contributed by atoms with van der Waals surface area (Å²) in [6, 6.07) is 6.22. The summed E-state index contributed by atoms with van der Waals surface area (Å²) in [6.07, 6.45) is 7.46. The lowest BCUT2D eigenvalue weighted by Crippen LogP contribution is -2.18. The first-order valence-corrected chi connectivity index (χ1v) is 7.76. The molecule has 1 aromatic carbocycles. The summed E-state index contributed by atoms with van der Waals surface area (Å²) in [5.41, 5.74) is 0.672. The van der Waals surface area contributed by atoms with Crippen LogP contribution in [0, 0.1) is 11.7 Å². The summed E-state index contributed by atoms with van der Waals surface area (Å²) >= 11 is 0. The van der Waals surface area contributed by atoms with Gasteiger partial charge in [-0.1, -0.05) is 31.4 Å². The Kier molecular flexibility index (Phi) is 5.99. The number of aliphatic hydroxyl groups excluding tert-OH is 2. The lowest BCUT2D eigenvalue weighted by molar-refractivity contribution is 0.105. The molecule has 2 N–H and O–H groups in total. The van der Waals surface area contributed by atoms with Crippen LogP contribution in [0.2, 0.25) is 0 Å². The smallest absolute Gasteiger partial charge is 0.123 e. The van der Waals surface area contributed by atoms with Crippen LogP contribution in [0.4, 0.5) is 4.39 Å². The number of unbranched alkanes of at least 4 members (excludes halogenated alkanes) is 1. The van der Waals surface area contributed by atoms with Crippen LogP contribution in [-0.4, -0.2) is 16.3 Å². The van der Waals surface area contributed by atoms with Gasteiger partial charge in [-0.05, 0) is 55.7 Å². The minimum absolute atomic E-state index is 0.0824. The van der Waals surface area contributed by atoms with E-state index in [2.05, 4.69) is 0 Å². The van der Waals surface area contributed by atoms with Crippen molar-refractivity contribution in [3.05, 3.63) is 35.6 Å². The van der Waals surface area contributed by atoms with Crippen LogP contribution in [0.25, 0.3) is 0 Å². The van der Waals surface area contributed by atoms with E-state index in [4.69, 9.17) is 0 Å². The van der Waals surface area contributed by atoms with Crippen molar-refractivity contribution in [2.24, 2.45) is 5.92 Å². The van der Waals surface area contributed by atoms with Crippen molar-refractivity contribution in [2.45, 2.75) is 63.6 Å². The van der Waals surface area contributed by atoms with E-state index in [9.17, 15) is 14.6 Å². The van der Waals surface area contributed by atoms with Crippen LogP contribution in [0.1, 0.15) is 63.0 Å². The summed E-state index contributed by atoms with van der Waals surface area (Å²) < 4.78 is 13.1. The Morgan fingerprint density at radius 3 is 2.60 bits per heavy atom. The summed E-state index contributed by atoms with van der Waals surface area (Å²) in [4.78, 5) is 0. The minimum atomic E-state index is -0.557. The molecule has 20 heavy (non-hydrogen) atoms. The number of aliphatic hydroxyl groups is 2. The first kappa shape index (κ1) is 15.5. The summed E-state index contributed by atoms with van der Waals surface area (Å²) in [7, 11) is 0. The molecule has 1 fully saturated rings. The van der Waals surface area contributed by atoms with Gasteiger partial charge in [0.15, 0.2) is 0 Å². The van der Waals surface area contributed by atoms with Gasteiger partial charge in [-0.3, -0.25) is 0 Å². The molecule has 0 heterocycles. The molecule has 1 atom stereocenters. The fraction of sp³-hybridized carbons (Fsp3) is 0.647. The van der Waals surface area contributed by atoms with Gasteiger partial charge in [0.2, 0.25) is 0 Å². The van der Waals surface area contributed by atoms with Gasteiger partial charge in [-0.2, -0.15) is 0 Å². The van der Waals surface area contributed by atoms with E-state index in [1.54, 1.807) is 12.1 Å². The molecule has 2 rings (SSSR count). The standard InChI is InChI=1S/C17H25FO2/c18-15-6-3-5-14(12-15)17(20)7-2-1-4-13-8-10-16(19)11-9-13/h3,5-6,12-13,16-17,19-20H,1-2,4,7-11H2/t13?,16?,17-/m0/s1. The van der Waals surface area contributed by atoms with Gasteiger partial charge in [0.05, 0.1) is 12.2 Å². The Morgan fingerprint density at radius 2 is 1.90 bits per heavy atom. The lowest BCUT2D eigenvalue weighted by Gasteiger charge is -2.25. The monoisotopic (exact) mass is 280 g/mol. The molecule has 0 spiro atoms. The van der Waals surface area contributed by atoms with Gasteiger partial charge in [-0.25, -0.2) is 4.39 Å².